The lowest BCUT2D eigenvalue weighted by molar-refractivity contribution is 0.802. The molecular formula is C49H31NS. The molecule has 0 radical (unpaired) electrons. The van der Waals surface area contributed by atoms with Gasteiger partial charge < -0.3 is 4.90 Å². The lowest BCUT2D eigenvalue weighted by Crippen LogP contribution is -2.26. The average molecular weight is 666 g/mol. The van der Waals surface area contributed by atoms with Gasteiger partial charge in [0.25, 0.3) is 0 Å². The topological polar surface area (TPSA) is 3.24 Å². The second kappa shape index (κ2) is 10.9. The van der Waals surface area contributed by atoms with Gasteiger partial charge in [0.15, 0.2) is 0 Å². The van der Waals surface area contributed by atoms with Crippen molar-refractivity contribution >= 4 is 49.3 Å². The Morgan fingerprint density at radius 2 is 1.02 bits per heavy atom. The third kappa shape index (κ3) is 3.97. The van der Waals surface area contributed by atoms with Crippen LogP contribution in [0.2, 0.25) is 0 Å². The summed E-state index contributed by atoms with van der Waals surface area (Å²) in [7, 11) is 0. The first-order valence-corrected chi connectivity index (χ1v) is 18.4. The molecule has 51 heavy (non-hydrogen) atoms. The molecule has 2 aliphatic rings. The van der Waals surface area contributed by atoms with E-state index in [0.717, 1.165) is 11.4 Å². The Kier molecular flexibility index (Phi) is 6.11. The molecule has 0 bridgehead atoms. The summed E-state index contributed by atoms with van der Waals surface area (Å²) < 4.78 is 1.34. The lowest BCUT2D eigenvalue weighted by Gasteiger charge is -2.32. The highest BCUT2D eigenvalue weighted by Gasteiger charge is 2.53. The molecular weight excluding hydrogens is 635 g/mol. The predicted molar refractivity (Wildman–Crippen MR) is 216 cm³/mol. The number of benzene rings is 8. The van der Waals surface area contributed by atoms with Gasteiger partial charge in [0.2, 0.25) is 0 Å². The SMILES string of the molecule is c1ccc(-c2ccc(N(c3ccc4c(c3)C3(c5ccccc5-c5ccccc53)c3c-4sc4ccccc34)c3cccc4ccccc34)cc2)cc1. The van der Waals surface area contributed by atoms with Crippen molar-refractivity contribution < 1.29 is 0 Å². The van der Waals surface area contributed by atoms with Crippen LogP contribution in [0.15, 0.2) is 188 Å². The van der Waals surface area contributed by atoms with E-state index in [1.54, 1.807) is 0 Å². The first-order valence-electron chi connectivity index (χ1n) is 17.6. The fourth-order valence-electron chi connectivity index (χ4n) is 8.98. The molecule has 1 spiro atoms. The summed E-state index contributed by atoms with van der Waals surface area (Å²) in [5, 5.41) is 3.80. The molecule has 0 unspecified atom stereocenters. The van der Waals surface area contributed by atoms with Crippen molar-refractivity contribution in [1.82, 2.24) is 0 Å². The maximum absolute atomic E-state index is 2.50. The number of hydrogen-bond acceptors (Lipinski definition) is 2. The molecule has 2 aliphatic carbocycles. The van der Waals surface area contributed by atoms with Crippen LogP contribution in [0.1, 0.15) is 22.3 Å². The van der Waals surface area contributed by atoms with Crippen LogP contribution in [0, 0.1) is 0 Å². The number of thiophene rings is 1. The lowest BCUT2D eigenvalue weighted by atomic mass is 9.70. The summed E-state index contributed by atoms with van der Waals surface area (Å²) in [6.45, 7) is 0. The zero-order valence-electron chi connectivity index (χ0n) is 27.8. The molecule has 0 saturated heterocycles. The van der Waals surface area contributed by atoms with Crippen molar-refractivity contribution in [3.8, 4) is 32.7 Å². The number of hydrogen-bond donors (Lipinski definition) is 0. The number of anilines is 3. The largest absolute Gasteiger partial charge is 0.310 e. The van der Waals surface area contributed by atoms with E-state index in [2.05, 4.69) is 193 Å². The molecule has 0 atom stereocenters. The van der Waals surface area contributed by atoms with Crippen molar-refractivity contribution in [2.45, 2.75) is 5.41 Å². The van der Waals surface area contributed by atoms with Gasteiger partial charge in [0.05, 0.1) is 11.1 Å². The normalized spacial score (nSPS) is 13.3. The Balaban J connectivity index is 1.20. The molecule has 11 rings (SSSR count). The van der Waals surface area contributed by atoms with Gasteiger partial charge in [-0.3, -0.25) is 0 Å². The van der Waals surface area contributed by atoms with Gasteiger partial charge in [-0.2, -0.15) is 0 Å². The van der Waals surface area contributed by atoms with Crippen molar-refractivity contribution in [2.24, 2.45) is 0 Å². The zero-order valence-corrected chi connectivity index (χ0v) is 28.6. The van der Waals surface area contributed by atoms with E-state index in [4.69, 9.17) is 0 Å². The standard InChI is InChI=1S/C49H31NS/c1-2-13-32(14-3-1)33-25-27-35(28-26-33)50(45-23-12-16-34-15-4-5-17-37(34)45)36-29-30-40-44(31-36)49(47-41-20-8-11-24-46(41)51-48(40)47)42-21-9-6-18-38(42)39-19-7-10-22-43(39)49/h1-31H. The van der Waals surface area contributed by atoms with Gasteiger partial charge >= 0.3 is 0 Å². The van der Waals surface area contributed by atoms with Crippen molar-refractivity contribution in [2.75, 3.05) is 4.90 Å². The van der Waals surface area contributed by atoms with Gasteiger partial charge in [-0.1, -0.05) is 152 Å². The number of nitrogens with zero attached hydrogens (tertiary/aromatic N) is 1. The Labute approximate surface area is 301 Å². The minimum Gasteiger partial charge on any atom is -0.310 e. The minimum absolute atomic E-state index is 0.422. The third-order valence-corrected chi connectivity index (χ3v) is 12.3. The molecule has 2 heteroatoms. The van der Waals surface area contributed by atoms with Crippen molar-refractivity contribution in [3.63, 3.8) is 0 Å². The Hall–Kier alpha value is -6.22. The molecule has 1 aromatic heterocycles. The maximum Gasteiger partial charge on any atom is 0.0740 e. The van der Waals surface area contributed by atoms with Crippen molar-refractivity contribution in [3.05, 3.63) is 210 Å². The van der Waals surface area contributed by atoms with Gasteiger partial charge in [-0.25, -0.2) is 0 Å². The van der Waals surface area contributed by atoms with Crippen LogP contribution in [0.25, 0.3) is 53.6 Å². The van der Waals surface area contributed by atoms with Crippen LogP contribution >= 0.6 is 11.3 Å². The first kappa shape index (κ1) is 28.6. The van der Waals surface area contributed by atoms with Gasteiger partial charge in [-0.15, -0.1) is 11.3 Å². The van der Waals surface area contributed by atoms with E-state index in [1.807, 2.05) is 11.3 Å². The van der Waals surface area contributed by atoms with E-state index in [0.29, 0.717) is 0 Å². The third-order valence-electron chi connectivity index (χ3n) is 11.1. The van der Waals surface area contributed by atoms with Crippen LogP contribution in [0.3, 0.4) is 0 Å². The van der Waals surface area contributed by atoms with E-state index in [1.165, 1.54) is 81.5 Å². The molecule has 8 aromatic carbocycles. The van der Waals surface area contributed by atoms with E-state index in [9.17, 15) is 0 Å². The molecule has 0 N–H and O–H groups in total. The van der Waals surface area contributed by atoms with E-state index in [-0.39, 0.29) is 0 Å². The molecule has 0 fully saturated rings. The zero-order chi connectivity index (χ0) is 33.5. The quantitative estimate of drug-likeness (QED) is 0.181. The number of rotatable bonds is 4. The summed E-state index contributed by atoms with van der Waals surface area (Å²) in [5.74, 6) is 0. The Morgan fingerprint density at radius 1 is 0.412 bits per heavy atom. The molecule has 238 valence electrons. The predicted octanol–water partition coefficient (Wildman–Crippen LogP) is 13.5. The van der Waals surface area contributed by atoms with Crippen LogP contribution < -0.4 is 4.90 Å². The Bertz CT molecular complexity index is 2760. The molecule has 0 amide bonds. The summed E-state index contributed by atoms with van der Waals surface area (Å²) in [5.41, 5.74) is 15.0. The fourth-order valence-corrected chi connectivity index (χ4v) is 10.3. The van der Waals surface area contributed by atoms with Crippen molar-refractivity contribution in [1.29, 1.82) is 0 Å². The van der Waals surface area contributed by atoms with Crippen LogP contribution in [0.5, 0.6) is 0 Å². The van der Waals surface area contributed by atoms with Gasteiger partial charge in [0.1, 0.15) is 0 Å². The summed E-state index contributed by atoms with van der Waals surface area (Å²) in [4.78, 5) is 3.84. The van der Waals surface area contributed by atoms with Gasteiger partial charge in [-0.05, 0) is 97.2 Å². The summed E-state index contributed by atoms with van der Waals surface area (Å²) >= 11 is 1.93. The highest BCUT2D eigenvalue weighted by Crippen LogP contribution is 2.66. The highest BCUT2D eigenvalue weighted by atomic mass is 32.1. The second-order valence-corrected chi connectivity index (χ2v) is 14.7. The maximum atomic E-state index is 2.50. The molecule has 1 nitrogen and oxygen atoms in total. The highest BCUT2D eigenvalue weighted by molar-refractivity contribution is 7.22. The second-order valence-electron chi connectivity index (χ2n) is 13.6. The van der Waals surface area contributed by atoms with E-state index < -0.39 is 5.41 Å². The average Bonchev–Trinajstić information content (AvgIpc) is 3.82. The van der Waals surface area contributed by atoms with Crippen LogP contribution in [-0.4, -0.2) is 0 Å². The first-order chi connectivity index (χ1) is 25.3. The minimum atomic E-state index is -0.422. The smallest absolute Gasteiger partial charge is 0.0740 e. The summed E-state index contributed by atoms with van der Waals surface area (Å²) in [6, 6.07) is 69.5. The summed E-state index contributed by atoms with van der Waals surface area (Å²) in [6.07, 6.45) is 0. The van der Waals surface area contributed by atoms with Gasteiger partial charge in [0, 0.05) is 26.3 Å². The Morgan fingerprint density at radius 3 is 1.80 bits per heavy atom. The molecule has 1 heterocycles. The molecule has 0 aliphatic heterocycles. The van der Waals surface area contributed by atoms with Crippen LogP contribution in [-0.2, 0) is 5.41 Å². The molecule has 9 aromatic rings. The van der Waals surface area contributed by atoms with Crippen LogP contribution in [0.4, 0.5) is 17.1 Å². The van der Waals surface area contributed by atoms with E-state index >= 15 is 0 Å². The monoisotopic (exact) mass is 665 g/mol. The molecule has 0 saturated carbocycles. The number of fused-ring (bicyclic) bond motifs is 13. The fraction of sp³-hybridized carbons (Fsp3) is 0.0204.